The van der Waals surface area contributed by atoms with Crippen molar-refractivity contribution in [3.8, 4) is 0 Å². The van der Waals surface area contributed by atoms with Crippen LogP contribution in [0.25, 0.3) is 0 Å². The third kappa shape index (κ3) is 3.18. The normalized spacial score (nSPS) is 12.0. The molecule has 4 nitrogen and oxygen atoms in total. The van der Waals surface area contributed by atoms with Crippen molar-refractivity contribution >= 4 is 21.6 Å². The lowest BCUT2D eigenvalue weighted by Crippen LogP contribution is -2.26. The fraction of sp³-hybridized carbons (Fsp3) is 0.231. The van der Waals surface area contributed by atoms with Gasteiger partial charge in [0.2, 0.25) is 10.0 Å². The molecule has 0 radical (unpaired) electrons. The number of furan rings is 1. The first-order valence-corrected chi connectivity index (χ1v) is 7.48. The van der Waals surface area contributed by atoms with Gasteiger partial charge in [-0.1, -0.05) is 17.7 Å². The highest BCUT2D eigenvalue weighted by molar-refractivity contribution is 7.89. The maximum absolute atomic E-state index is 12.3. The van der Waals surface area contributed by atoms with Gasteiger partial charge < -0.3 is 4.42 Å². The minimum Gasteiger partial charge on any atom is -0.465 e. The summed E-state index contributed by atoms with van der Waals surface area (Å²) in [7, 11) is -2.05. The molecule has 1 aromatic heterocycles. The van der Waals surface area contributed by atoms with E-state index in [2.05, 4.69) is 0 Å². The van der Waals surface area contributed by atoms with E-state index in [1.807, 2.05) is 6.92 Å². The highest BCUT2D eigenvalue weighted by atomic mass is 35.5. The number of hydrogen-bond acceptors (Lipinski definition) is 3. The minimum atomic E-state index is -3.56. The molecule has 6 heteroatoms. The standard InChI is InChI=1S/C13H14ClNO3S/c1-10-6-7-12(18-10)9-15(2)19(16,17)13-5-3-4-11(14)8-13/h3-8H,9H2,1-2H3. The molecule has 0 saturated carbocycles. The summed E-state index contributed by atoms with van der Waals surface area (Å²) in [5.41, 5.74) is 0. The Morgan fingerprint density at radius 2 is 2.00 bits per heavy atom. The monoisotopic (exact) mass is 299 g/mol. The molecule has 2 rings (SSSR count). The Morgan fingerprint density at radius 1 is 1.26 bits per heavy atom. The SMILES string of the molecule is Cc1ccc(CN(C)S(=O)(=O)c2cccc(Cl)c2)o1. The Balaban J connectivity index is 2.24. The molecule has 102 valence electrons. The lowest BCUT2D eigenvalue weighted by molar-refractivity contribution is 0.397. The van der Waals surface area contributed by atoms with Crippen molar-refractivity contribution in [2.75, 3.05) is 7.05 Å². The fourth-order valence-electron chi connectivity index (χ4n) is 1.68. The van der Waals surface area contributed by atoms with Gasteiger partial charge in [0.25, 0.3) is 0 Å². The maximum atomic E-state index is 12.3. The minimum absolute atomic E-state index is 0.172. The number of aryl methyl sites for hydroxylation is 1. The molecule has 0 spiro atoms. The number of hydrogen-bond donors (Lipinski definition) is 0. The zero-order valence-electron chi connectivity index (χ0n) is 10.6. The second kappa shape index (κ2) is 5.36. The summed E-state index contributed by atoms with van der Waals surface area (Å²) in [5, 5.41) is 0.392. The van der Waals surface area contributed by atoms with E-state index in [4.69, 9.17) is 16.0 Å². The number of nitrogens with zero attached hydrogens (tertiary/aromatic N) is 1. The molecule has 0 amide bonds. The predicted octanol–water partition coefficient (Wildman–Crippen LogP) is 3.06. The summed E-state index contributed by atoms with van der Waals surface area (Å²) in [6, 6.07) is 9.76. The fourth-order valence-corrected chi connectivity index (χ4v) is 3.12. The first-order chi connectivity index (χ1) is 8.89. The van der Waals surface area contributed by atoms with Gasteiger partial charge in [-0.15, -0.1) is 0 Å². The van der Waals surface area contributed by atoms with Gasteiger partial charge in [-0.2, -0.15) is 4.31 Å². The summed E-state index contributed by atoms with van der Waals surface area (Å²) in [5.74, 6) is 1.36. The quantitative estimate of drug-likeness (QED) is 0.872. The Bertz CT molecular complexity index is 679. The van der Waals surface area contributed by atoms with Crippen LogP contribution >= 0.6 is 11.6 Å². The van der Waals surface area contributed by atoms with Gasteiger partial charge in [0, 0.05) is 12.1 Å². The van der Waals surface area contributed by atoms with Crippen LogP contribution in [0.4, 0.5) is 0 Å². The van der Waals surface area contributed by atoms with Crippen molar-refractivity contribution in [2.24, 2.45) is 0 Å². The molecule has 0 fully saturated rings. The molecule has 0 aliphatic carbocycles. The van der Waals surface area contributed by atoms with Crippen molar-refractivity contribution in [1.82, 2.24) is 4.31 Å². The van der Waals surface area contributed by atoms with Crippen LogP contribution in [-0.2, 0) is 16.6 Å². The average molecular weight is 300 g/mol. The highest BCUT2D eigenvalue weighted by Crippen LogP contribution is 2.20. The number of halogens is 1. The second-order valence-corrected chi connectivity index (χ2v) is 6.71. The molecule has 1 aromatic carbocycles. The molecule has 19 heavy (non-hydrogen) atoms. The van der Waals surface area contributed by atoms with E-state index in [9.17, 15) is 8.42 Å². The van der Waals surface area contributed by atoms with Gasteiger partial charge in [0.05, 0.1) is 11.4 Å². The zero-order valence-corrected chi connectivity index (χ0v) is 12.2. The Hall–Kier alpha value is -1.30. The highest BCUT2D eigenvalue weighted by Gasteiger charge is 2.22. The molecule has 0 bridgehead atoms. The third-order valence-electron chi connectivity index (χ3n) is 2.68. The third-order valence-corrected chi connectivity index (χ3v) is 4.71. The van der Waals surface area contributed by atoms with E-state index in [-0.39, 0.29) is 11.4 Å². The Labute approximate surface area is 117 Å². The van der Waals surface area contributed by atoms with Crippen molar-refractivity contribution in [1.29, 1.82) is 0 Å². The van der Waals surface area contributed by atoms with Gasteiger partial charge in [-0.05, 0) is 37.3 Å². The van der Waals surface area contributed by atoms with Crippen LogP contribution < -0.4 is 0 Å². The van der Waals surface area contributed by atoms with Crippen molar-refractivity contribution in [2.45, 2.75) is 18.4 Å². The molecule has 2 aromatic rings. The smallest absolute Gasteiger partial charge is 0.243 e. The van der Waals surface area contributed by atoms with E-state index in [1.54, 1.807) is 24.3 Å². The van der Waals surface area contributed by atoms with E-state index in [0.717, 1.165) is 5.76 Å². The van der Waals surface area contributed by atoms with Gasteiger partial charge in [0.1, 0.15) is 11.5 Å². The number of benzene rings is 1. The predicted molar refractivity (Wildman–Crippen MR) is 73.5 cm³/mol. The Morgan fingerprint density at radius 3 is 2.58 bits per heavy atom. The van der Waals surface area contributed by atoms with Crippen LogP contribution in [0.2, 0.25) is 5.02 Å². The maximum Gasteiger partial charge on any atom is 0.243 e. The van der Waals surface area contributed by atoms with Gasteiger partial charge in [-0.3, -0.25) is 0 Å². The topological polar surface area (TPSA) is 50.5 Å². The van der Waals surface area contributed by atoms with Crippen LogP contribution in [0.15, 0.2) is 45.7 Å². The van der Waals surface area contributed by atoms with Crippen LogP contribution in [0, 0.1) is 6.92 Å². The van der Waals surface area contributed by atoms with Gasteiger partial charge in [-0.25, -0.2) is 8.42 Å². The van der Waals surface area contributed by atoms with Gasteiger partial charge >= 0.3 is 0 Å². The molecule has 1 heterocycles. The van der Waals surface area contributed by atoms with Crippen LogP contribution in [0.3, 0.4) is 0 Å². The van der Waals surface area contributed by atoms with E-state index in [1.165, 1.54) is 23.5 Å². The van der Waals surface area contributed by atoms with Crippen molar-refractivity contribution in [3.05, 3.63) is 52.9 Å². The first kappa shape index (κ1) is 14.1. The lowest BCUT2D eigenvalue weighted by atomic mass is 10.4. The largest absolute Gasteiger partial charge is 0.465 e. The average Bonchev–Trinajstić information content (AvgIpc) is 2.74. The molecule has 0 N–H and O–H groups in total. The number of sulfonamides is 1. The molecular formula is C13H14ClNO3S. The molecule has 0 saturated heterocycles. The van der Waals surface area contributed by atoms with E-state index < -0.39 is 10.0 Å². The summed E-state index contributed by atoms with van der Waals surface area (Å²) >= 11 is 5.82. The van der Waals surface area contributed by atoms with Gasteiger partial charge in [0.15, 0.2) is 0 Å². The molecule has 0 aliphatic rings. The van der Waals surface area contributed by atoms with Crippen molar-refractivity contribution < 1.29 is 12.8 Å². The number of rotatable bonds is 4. The van der Waals surface area contributed by atoms with Crippen LogP contribution in [-0.4, -0.2) is 19.8 Å². The summed E-state index contributed by atoms with van der Waals surface area (Å²) in [4.78, 5) is 0.172. The summed E-state index contributed by atoms with van der Waals surface area (Å²) in [6.07, 6.45) is 0. The summed E-state index contributed by atoms with van der Waals surface area (Å²) in [6.45, 7) is 2.00. The second-order valence-electron chi connectivity index (χ2n) is 4.23. The Kier molecular flexibility index (Phi) is 3.99. The van der Waals surface area contributed by atoms with E-state index in [0.29, 0.717) is 10.8 Å². The molecular weight excluding hydrogens is 286 g/mol. The molecule has 0 unspecified atom stereocenters. The van der Waals surface area contributed by atoms with Crippen LogP contribution in [0.5, 0.6) is 0 Å². The molecule has 0 aliphatic heterocycles. The van der Waals surface area contributed by atoms with Crippen LogP contribution in [0.1, 0.15) is 11.5 Å². The van der Waals surface area contributed by atoms with Crippen molar-refractivity contribution in [3.63, 3.8) is 0 Å². The first-order valence-electron chi connectivity index (χ1n) is 5.67. The lowest BCUT2D eigenvalue weighted by Gasteiger charge is -2.16. The summed E-state index contributed by atoms with van der Waals surface area (Å²) < 4.78 is 31.3. The van der Waals surface area contributed by atoms with E-state index >= 15 is 0 Å². The zero-order chi connectivity index (χ0) is 14.0. The molecule has 0 atom stereocenters.